The molecule has 0 saturated carbocycles. The lowest BCUT2D eigenvalue weighted by molar-refractivity contribution is -0.116. The van der Waals surface area contributed by atoms with Crippen LogP contribution in [0.1, 0.15) is 18.4 Å². The van der Waals surface area contributed by atoms with Crippen LogP contribution in [-0.2, 0) is 16.1 Å². The first-order valence-electron chi connectivity index (χ1n) is 7.17. The van der Waals surface area contributed by atoms with Gasteiger partial charge in [0.2, 0.25) is 5.91 Å². The predicted octanol–water partition coefficient (Wildman–Crippen LogP) is 1.20. The van der Waals surface area contributed by atoms with Crippen LogP contribution in [0.4, 0.5) is 5.69 Å². The summed E-state index contributed by atoms with van der Waals surface area (Å²) in [6.45, 7) is 4.93. The van der Waals surface area contributed by atoms with Crippen molar-refractivity contribution >= 4 is 11.6 Å². The maximum absolute atomic E-state index is 11.9. The minimum Gasteiger partial charge on any atom is -0.379 e. The molecule has 0 aliphatic carbocycles. The van der Waals surface area contributed by atoms with Gasteiger partial charge in [0.05, 0.1) is 13.2 Å². The van der Waals surface area contributed by atoms with Crippen LogP contribution >= 0.6 is 0 Å². The second-order valence-corrected chi connectivity index (χ2v) is 4.97. The topological polar surface area (TPSA) is 67.6 Å². The number of ether oxygens (including phenoxy) is 1. The van der Waals surface area contributed by atoms with E-state index in [1.54, 1.807) is 0 Å². The Morgan fingerprint density at radius 1 is 1.30 bits per heavy atom. The number of nitrogens with two attached hydrogens (primary N) is 1. The largest absolute Gasteiger partial charge is 0.379 e. The highest BCUT2D eigenvalue weighted by Gasteiger charge is 2.11. The van der Waals surface area contributed by atoms with E-state index in [4.69, 9.17) is 10.5 Å². The molecule has 20 heavy (non-hydrogen) atoms. The number of anilines is 1. The lowest BCUT2D eigenvalue weighted by Gasteiger charge is -2.26. The molecule has 0 radical (unpaired) electrons. The number of nitrogens with zero attached hydrogens (tertiary/aromatic N) is 1. The molecule has 1 aromatic rings. The zero-order chi connectivity index (χ0) is 14.2. The molecule has 5 heteroatoms. The van der Waals surface area contributed by atoms with Gasteiger partial charge in [-0.2, -0.15) is 0 Å². The van der Waals surface area contributed by atoms with Crippen LogP contribution in [0.3, 0.4) is 0 Å². The van der Waals surface area contributed by atoms with Gasteiger partial charge in [-0.15, -0.1) is 0 Å². The molecule has 0 atom stereocenters. The monoisotopic (exact) mass is 277 g/mol. The maximum atomic E-state index is 11.9. The number of carbonyl (C=O) groups excluding carboxylic acids is 1. The molecule has 3 N–H and O–H groups in total. The minimum absolute atomic E-state index is 0.0548. The van der Waals surface area contributed by atoms with Gasteiger partial charge in [-0.05, 0) is 24.6 Å². The molecule has 2 rings (SSSR count). The Hall–Kier alpha value is -1.43. The SMILES string of the molecule is NCc1ccccc1NC(=O)CCCN1CCOCC1. The lowest BCUT2D eigenvalue weighted by atomic mass is 10.1. The molecule has 1 aliphatic heterocycles. The molecule has 110 valence electrons. The standard InChI is InChI=1S/C15H23N3O2/c16-12-13-4-1-2-5-14(13)17-15(19)6-3-7-18-8-10-20-11-9-18/h1-2,4-5H,3,6-12,16H2,(H,17,19). The summed E-state index contributed by atoms with van der Waals surface area (Å²) in [5.74, 6) is 0.0548. The van der Waals surface area contributed by atoms with Crippen molar-refractivity contribution in [1.82, 2.24) is 4.90 Å². The van der Waals surface area contributed by atoms with E-state index < -0.39 is 0 Å². The van der Waals surface area contributed by atoms with Gasteiger partial charge in [0, 0.05) is 31.7 Å². The Kier molecular flexibility index (Phi) is 5.98. The van der Waals surface area contributed by atoms with Gasteiger partial charge in [0.15, 0.2) is 0 Å². The Morgan fingerprint density at radius 2 is 2.05 bits per heavy atom. The number of hydrogen-bond donors (Lipinski definition) is 2. The van der Waals surface area contributed by atoms with E-state index in [9.17, 15) is 4.79 Å². The molecule has 1 aromatic carbocycles. The van der Waals surface area contributed by atoms with Gasteiger partial charge >= 0.3 is 0 Å². The smallest absolute Gasteiger partial charge is 0.224 e. The van der Waals surface area contributed by atoms with Crippen LogP contribution in [0.2, 0.25) is 0 Å². The quantitative estimate of drug-likeness (QED) is 0.820. The van der Waals surface area contributed by atoms with Gasteiger partial charge in [-0.3, -0.25) is 9.69 Å². The van der Waals surface area contributed by atoms with E-state index in [1.165, 1.54) is 0 Å². The first-order chi connectivity index (χ1) is 9.79. The maximum Gasteiger partial charge on any atom is 0.224 e. The fraction of sp³-hybridized carbons (Fsp3) is 0.533. The predicted molar refractivity (Wildman–Crippen MR) is 79.5 cm³/mol. The molecule has 1 heterocycles. The zero-order valence-corrected chi connectivity index (χ0v) is 11.8. The van der Waals surface area contributed by atoms with Gasteiger partial charge < -0.3 is 15.8 Å². The fourth-order valence-corrected chi connectivity index (χ4v) is 2.32. The fourth-order valence-electron chi connectivity index (χ4n) is 2.32. The number of morpholine rings is 1. The molecule has 1 fully saturated rings. The lowest BCUT2D eigenvalue weighted by Crippen LogP contribution is -2.37. The summed E-state index contributed by atoms with van der Waals surface area (Å²) in [4.78, 5) is 14.3. The molecule has 1 amide bonds. The van der Waals surface area contributed by atoms with E-state index in [0.29, 0.717) is 13.0 Å². The van der Waals surface area contributed by atoms with Crippen LogP contribution in [0.5, 0.6) is 0 Å². The summed E-state index contributed by atoms with van der Waals surface area (Å²) in [6, 6.07) is 7.66. The second kappa shape index (κ2) is 7.99. The number of amides is 1. The van der Waals surface area contributed by atoms with Crippen LogP contribution in [0, 0.1) is 0 Å². The van der Waals surface area contributed by atoms with Gasteiger partial charge in [-0.25, -0.2) is 0 Å². The molecular weight excluding hydrogens is 254 g/mol. The second-order valence-electron chi connectivity index (χ2n) is 4.97. The van der Waals surface area contributed by atoms with Gasteiger partial charge in [-0.1, -0.05) is 18.2 Å². The Balaban J connectivity index is 1.72. The van der Waals surface area contributed by atoms with Crippen LogP contribution in [0.25, 0.3) is 0 Å². The summed E-state index contributed by atoms with van der Waals surface area (Å²) >= 11 is 0. The average Bonchev–Trinajstić information content (AvgIpc) is 2.49. The molecule has 0 spiro atoms. The molecule has 0 aromatic heterocycles. The Morgan fingerprint density at radius 3 is 2.80 bits per heavy atom. The summed E-state index contributed by atoms with van der Waals surface area (Å²) in [6.07, 6.45) is 1.41. The molecular formula is C15H23N3O2. The third-order valence-electron chi connectivity index (χ3n) is 3.49. The molecule has 0 unspecified atom stereocenters. The van der Waals surface area contributed by atoms with Crippen molar-refractivity contribution in [2.75, 3.05) is 38.2 Å². The van der Waals surface area contributed by atoms with Crippen molar-refractivity contribution < 1.29 is 9.53 Å². The van der Waals surface area contributed by atoms with Crippen LogP contribution in [-0.4, -0.2) is 43.7 Å². The number of benzene rings is 1. The van der Waals surface area contributed by atoms with E-state index in [1.807, 2.05) is 24.3 Å². The van der Waals surface area contributed by atoms with Gasteiger partial charge in [0.1, 0.15) is 0 Å². The number of nitrogens with one attached hydrogen (secondary N) is 1. The van der Waals surface area contributed by atoms with Gasteiger partial charge in [0.25, 0.3) is 0 Å². The van der Waals surface area contributed by atoms with Crippen molar-refractivity contribution in [2.45, 2.75) is 19.4 Å². The van der Waals surface area contributed by atoms with E-state index in [0.717, 1.165) is 50.5 Å². The molecule has 1 saturated heterocycles. The average molecular weight is 277 g/mol. The summed E-state index contributed by atoms with van der Waals surface area (Å²) in [5, 5.41) is 2.94. The number of rotatable bonds is 6. The normalized spacial score (nSPS) is 16.1. The highest BCUT2D eigenvalue weighted by Crippen LogP contribution is 2.14. The molecule has 5 nitrogen and oxygen atoms in total. The third kappa shape index (κ3) is 4.59. The van der Waals surface area contributed by atoms with Crippen molar-refractivity contribution in [3.8, 4) is 0 Å². The van der Waals surface area contributed by atoms with Crippen molar-refractivity contribution in [3.63, 3.8) is 0 Å². The van der Waals surface area contributed by atoms with Crippen molar-refractivity contribution in [2.24, 2.45) is 5.73 Å². The number of hydrogen-bond acceptors (Lipinski definition) is 4. The highest BCUT2D eigenvalue weighted by atomic mass is 16.5. The summed E-state index contributed by atoms with van der Waals surface area (Å²) in [5.41, 5.74) is 7.45. The van der Waals surface area contributed by atoms with E-state index in [-0.39, 0.29) is 5.91 Å². The Labute approximate surface area is 120 Å². The highest BCUT2D eigenvalue weighted by molar-refractivity contribution is 5.91. The summed E-state index contributed by atoms with van der Waals surface area (Å²) < 4.78 is 5.30. The first-order valence-corrected chi connectivity index (χ1v) is 7.17. The first kappa shape index (κ1) is 15.0. The summed E-state index contributed by atoms with van der Waals surface area (Å²) in [7, 11) is 0. The van der Waals surface area contributed by atoms with Crippen LogP contribution < -0.4 is 11.1 Å². The van der Waals surface area contributed by atoms with E-state index in [2.05, 4.69) is 10.2 Å². The molecule has 1 aliphatic rings. The van der Waals surface area contributed by atoms with E-state index >= 15 is 0 Å². The molecule has 0 bridgehead atoms. The zero-order valence-electron chi connectivity index (χ0n) is 11.8. The third-order valence-corrected chi connectivity index (χ3v) is 3.49. The minimum atomic E-state index is 0.0548. The number of carbonyl (C=O) groups is 1. The van der Waals surface area contributed by atoms with Crippen LogP contribution in [0.15, 0.2) is 24.3 Å². The van der Waals surface area contributed by atoms with Crippen molar-refractivity contribution in [3.05, 3.63) is 29.8 Å². The Bertz CT molecular complexity index is 431. The number of para-hydroxylation sites is 1. The van der Waals surface area contributed by atoms with Crippen molar-refractivity contribution in [1.29, 1.82) is 0 Å².